The van der Waals surface area contributed by atoms with Gasteiger partial charge in [0, 0.05) is 0 Å². The van der Waals surface area contributed by atoms with E-state index in [1.165, 1.54) is 0 Å². The van der Waals surface area contributed by atoms with Crippen LogP contribution in [0.2, 0.25) is 0 Å². The van der Waals surface area contributed by atoms with Gasteiger partial charge in [-0.3, -0.25) is 0 Å². The average molecular weight is 181 g/mol. The van der Waals surface area contributed by atoms with E-state index in [2.05, 4.69) is 0 Å². The number of rotatable bonds is 2. The Labute approximate surface area is 76.6 Å². The van der Waals surface area contributed by atoms with Gasteiger partial charge in [-0.1, -0.05) is 0 Å². The van der Waals surface area contributed by atoms with Crippen molar-refractivity contribution in [1.82, 2.24) is 0 Å². The fourth-order valence-corrected chi connectivity index (χ4v) is 0.712. The van der Waals surface area contributed by atoms with E-state index in [-0.39, 0.29) is 0 Å². The van der Waals surface area contributed by atoms with Crippen molar-refractivity contribution in [2.24, 2.45) is 0 Å². The van der Waals surface area contributed by atoms with Gasteiger partial charge in [-0.2, -0.15) is 0 Å². The Morgan fingerprint density at radius 3 is 1.46 bits per heavy atom. The second-order valence-electron chi connectivity index (χ2n) is 1.98. The van der Waals surface area contributed by atoms with Gasteiger partial charge in [0.2, 0.25) is 6.08 Å². The molecule has 4 heteroatoms. The van der Waals surface area contributed by atoms with Crippen molar-refractivity contribution in [1.29, 1.82) is 5.41 Å². The third kappa shape index (κ3) is 4.61. The van der Waals surface area contributed by atoms with Crippen LogP contribution in [0.5, 0.6) is 11.5 Å². The van der Waals surface area contributed by atoms with Crippen molar-refractivity contribution in [3.8, 4) is 11.5 Å². The van der Waals surface area contributed by atoms with Gasteiger partial charge in [0.1, 0.15) is 11.5 Å². The van der Waals surface area contributed by atoms with E-state index in [1.807, 2.05) is 24.3 Å². The smallest absolute Gasteiger partial charge is 0.231 e. The van der Waals surface area contributed by atoms with E-state index < -0.39 is 0 Å². The highest BCUT2D eigenvalue weighted by atomic mass is 16.5. The van der Waals surface area contributed by atoms with Crippen LogP contribution in [0.4, 0.5) is 0 Å². The molecular weight excluding hydrogens is 170 g/mol. The van der Waals surface area contributed by atoms with Crippen LogP contribution in [-0.4, -0.2) is 20.3 Å². The van der Waals surface area contributed by atoms with Crippen molar-refractivity contribution in [3.05, 3.63) is 24.3 Å². The minimum absolute atomic E-state index is 0.750. The molecular formula is C9H11NO3. The van der Waals surface area contributed by atoms with Gasteiger partial charge in [-0.15, -0.1) is 0 Å². The number of hydrogen-bond donors (Lipinski definition) is 1. The molecule has 1 aromatic carbocycles. The van der Waals surface area contributed by atoms with E-state index in [4.69, 9.17) is 19.7 Å². The molecule has 70 valence electrons. The first-order valence-corrected chi connectivity index (χ1v) is 3.50. The third-order valence-electron chi connectivity index (χ3n) is 1.30. The van der Waals surface area contributed by atoms with E-state index in [0.29, 0.717) is 0 Å². The highest BCUT2D eigenvalue weighted by Crippen LogP contribution is 2.15. The Balaban J connectivity index is 0.000000424. The van der Waals surface area contributed by atoms with E-state index >= 15 is 0 Å². The van der Waals surface area contributed by atoms with Crippen LogP contribution < -0.4 is 9.47 Å². The van der Waals surface area contributed by atoms with Crippen LogP contribution in [0.3, 0.4) is 0 Å². The summed E-state index contributed by atoms with van der Waals surface area (Å²) in [5, 5.41) is 5.40. The average Bonchev–Trinajstić information content (AvgIpc) is 2.19. The summed E-state index contributed by atoms with van der Waals surface area (Å²) in [6.07, 6.45) is 0.750. The summed E-state index contributed by atoms with van der Waals surface area (Å²) >= 11 is 0. The summed E-state index contributed by atoms with van der Waals surface area (Å²) in [7, 11) is 3.28. The van der Waals surface area contributed by atoms with Crippen molar-refractivity contribution in [3.63, 3.8) is 0 Å². The Morgan fingerprint density at radius 2 is 1.31 bits per heavy atom. The maximum atomic E-state index is 8.35. The van der Waals surface area contributed by atoms with Gasteiger partial charge in [0.25, 0.3) is 0 Å². The molecule has 1 aromatic rings. The molecule has 0 saturated carbocycles. The molecule has 0 aromatic heterocycles. The first kappa shape index (κ1) is 11.2. The fraction of sp³-hybridized carbons (Fsp3) is 0.222. The molecule has 0 bridgehead atoms. The molecule has 0 amide bonds. The molecule has 1 N–H and O–H groups in total. The summed E-state index contributed by atoms with van der Waals surface area (Å²) in [5.74, 6) is 1.70. The van der Waals surface area contributed by atoms with Crippen LogP contribution in [-0.2, 0) is 4.79 Å². The predicted molar refractivity (Wildman–Crippen MR) is 48.0 cm³/mol. The molecule has 0 spiro atoms. The lowest BCUT2D eigenvalue weighted by atomic mass is 10.3. The first-order valence-electron chi connectivity index (χ1n) is 3.50. The van der Waals surface area contributed by atoms with E-state index in [0.717, 1.165) is 17.6 Å². The molecule has 0 radical (unpaired) electrons. The molecule has 0 aliphatic rings. The lowest BCUT2D eigenvalue weighted by Gasteiger charge is -2.00. The summed E-state index contributed by atoms with van der Waals surface area (Å²) in [4.78, 5) is 8.35. The topological polar surface area (TPSA) is 59.4 Å². The Kier molecular flexibility index (Phi) is 5.93. The molecule has 0 saturated heterocycles. The molecule has 0 atom stereocenters. The molecule has 0 aliphatic carbocycles. The SMILES string of the molecule is COc1ccc(OC)cc1.N=C=O. The van der Waals surface area contributed by atoms with Gasteiger partial charge >= 0.3 is 0 Å². The predicted octanol–water partition coefficient (Wildman–Crippen LogP) is 1.60. The van der Waals surface area contributed by atoms with Crippen LogP contribution in [0, 0.1) is 5.41 Å². The maximum absolute atomic E-state index is 8.35. The first-order chi connectivity index (χ1) is 6.28. The number of ether oxygens (including phenoxy) is 2. The number of carbonyl (C=O) groups excluding carboxylic acids is 1. The van der Waals surface area contributed by atoms with Gasteiger partial charge in [0.05, 0.1) is 14.2 Å². The molecule has 0 unspecified atom stereocenters. The van der Waals surface area contributed by atoms with Gasteiger partial charge in [-0.25, -0.2) is 10.2 Å². The largest absolute Gasteiger partial charge is 0.497 e. The number of nitrogens with one attached hydrogen (secondary N) is 1. The van der Waals surface area contributed by atoms with Crippen molar-refractivity contribution >= 4 is 6.08 Å². The third-order valence-corrected chi connectivity index (χ3v) is 1.30. The second kappa shape index (κ2) is 6.88. The minimum atomic E-state index is 0.750. The van der Waals surface area contributed by atoms with Gasteiger partial charge < -0.3 is 9.47 Å². The Morgan fingerprint density at radius 1 is 1.08 bits per heavy atom. The normalized spacial score (nSPS) is 7.54. The zero-order chi connectivity index (χ0) is 10.1. The van der Waals surface area contributed by atoms with Crippen LogP contribution in [0.15, 0.2) is 24.3 Å². The quantitative estimate of drug-likeness (QED) is 0.557. The van der Waals surface area contributed by atoms with Gasteiger partial charge in [-0.05, 0) is 24.3 Å². The highest BCUT2D eigenvalue weighted by Gasteiger charge is 1.89. The lowest BCUT2D eigenvalue weighted by molar-refractivity contribution is 0.403. The second-order valence-corrected chi connectivity index (χ2v) is 1.98. The van der Waals surface area contributed by atoms with Crippen molar-refractivity contribution < 1.29 is 14.3 Å². The van der Waals surface area contributed by atoms with Crippen molar-refractivity contribution in [2.75, 3.05) is 14.2 Å². The van der Waals surface area contributed by atoms with Gasteiger partial charge in [0.15, 0.2) is 0 Å². The lowest BCUT2D eigenvalue weighted by Crippen LogP contribution is -1.83. The maximum Gasteiger partial charge on any atom is 0.231 e. The Hall–Kier alpha value is -1.80. The highest BCUT2D eigenvalue weighted by molar-refractivity contribution is 5.30. The molecule has 0 fully saturated rings. The zero-order valence-corrected chi connectivity index (χ0v) is 7.53. The molecule has 13 heavy (non-hydrogen) atoms. The number of hydrogen-bond acceptors (Lipinski definition) is 4. The zero-order valence-electron chi connectivity index (χ0n) is 7.53. The monoisotopic (exact) mass is 181 g/mol. The number of isocyanates is 1. The molecule has 1 rings (SSSR count). The van der Waals surface area contributed by atoms with Crippen LogP contribution in [0.1, 0.15) is 0 Å². The summed E-state index contributed by atoms with van der Waals surface area (Å²) < 4.78 is 9.92. The number of benzene rings is 1. The minimum Gasteiger partial charge on any atom is -0.497 e. The van der Waals surface area contributed by atoms with E-state index in [1.54, 1.807) is 14.2 Å². The molecule has 4 nitrogen and oxygen atoms in total. The van der Waals surface area contributed by atoms with E-state index in [9.17, 15) is 0 Å². The standard InChI is InChI=1S/C8H10O2.CHNO/c1-9-7-3-5-8(10-2)6-4-7;2-1-3/h3-6H,1-2H3;2H. The number of methoxy groups -OCH3 is 2. The fourth-order valence-electron chi connectivity index (χ4n) is 0.712. The molecule has 0 aliphatic heterocycles. The summed E-state index contributed by atoms with van der Waals surface area (Å²) in [6, 6.07) is 7.44. The molecule has 0 heterocycles. The Bertz CT molecular complexity index is 240. The van der Waals surface area contributed by atoms with Crippen molar-refractivity contribution in [2.45, 2.75) is 0 Å². The summed E-state index contributed by atoms with van der Waals surface area (Å²) in [6.45, 7) is 0. The summed E-state index contributed by atoms with van der Waals surface area (Å²) in [5.41, 5.74) is 0. The van der Waals surface area contributed by atoms with Crippen LogP contribution in [0.25, 0.3) is 0 Å². The van der Waals surface area contributed by atoms with Crippen LogP contribution >= 0.6 is 0 Å².